The van der Waals surface area contributed by atoms with Crippen molar-refractivity contribution in [1.29, 1.82) is 0 Å². The topological polar surface area (TPSA) is 36.4 Å². The van der Waals surface area contributed by atoms with Gasteiger partial charge in [0, 0.05) is 31.9 Å². The summed E-state index contributed by atoms with van der Waals surface area (Å²) in [5, 5.41) is 0. The highest BCUT2D eigenvalue weighted by molar-refractivity contribution is 5.84. The molecule has 1 atom stereocenters. The summed E-state index contributed by atoms with van der Waals surface area (Å²) in [5.41, 5.74) is 3.31. The molecule has 2 aliphatic heterocycles. The number of carbonyl (C=O) groups is 1. The van der Waals surface area contributed by atoms with Gasteiger partial charge in [-0.05, 0) is 56.8 Å². The van der Waals surface area contributed by atoms with Gasteiger partial charge in [0.25, 0.3) is 0 Å². The zero-order valence-corrected chi connectivity index (χ0v) is 16.2. The van der Waals surface area contributed by atoms with E-state index in [4.69, 9.17) is 0 Å². The molecule has 27 heavy (non-hydrogen) atoms. The fourth-order valence-electron chi connectivity index (χ4n) is 4.66. The largest absolute Gasteiger partial charge is 0.342 e. The second-order valence-electron chi connectivity index (χ2n) is 8.14. The van der Waals surface area contributed by atoms with Crippen LogP contribution in [0.15, 0.2) is 48.5 Å². The molecule has 4 nitrogen and oxygen atoms in total. The Hall–Kier alpha value is -2.20. The van der Waals surface area contributed by atoms with Gasteiger partial charge in [0.1, 0.15) is 0 Å². The van der Waals surface area contributed by atoms with Gasteiger partial charge in [-0.2, -0.15) is 0 Å². The quantitative estimate of drug-likeness (QED) is 0.816. The molecule has 0 saturated carbocycles. The molecule has 2 fully saturated rings. The molecule has 0 bridgehead atoms. The molecule has 2 aliphatic rings. The van der Waals surface area contributed by atoms with Crippen LogP contribution in [-0.2, 0) is 17.8 Å². The number of amides is 1. The van der Waals surface area contributed by atoms with Crippen LogP contribution in [0, 0.1) is 12.3 Å². The molecule has 4 heteroatoms. The monoisotopic (exact) mass is 363 g/mol. The van der Waals surface area contributed by atoms with Gasteiger partial charge in [0.05, 0.1) is 11.1 Å². The molecular weight excluding hydrogens is 334 g/mol. The van der Waals surface area contributed by atoms with E-state index in [9.17, 15) is 4.79 Å². The maximum absolute atomic E-state index is 13.3. The van der Waals surface area contributed by atoms with E-state index in [1.165, 1.54) is 5.56 Å². The lowest BCUT2D eigenvalue weighted by Gasteiger charge is -2.39. The molecule has 0 N–H and O–H groups in total. The third kappa shape index (κ3) is 4.06. The lowest BCUT2D eigenvalue weighted by Crippen LogP contribution is -2.50. The first-order valence-electron chi connectivity index (χ1n) is 10.1. The van der Waals surface area contributed by atoms with Gasteiger partial charge in [-0.1, -0.05) is 36.4 Å². The minimum absolute atomic E-state index is 0.168. The first-order chi connectivity index (χ1) is 13.1. The molecule has 1 amide bonds. The van der Waals surface area contributed by atoms with Gasteiger partial charge in [-0.3, -0.25) is 14.7 Å². The van der Waals surface area contributed by atoms with E-state index in [1.807, 2.05) is 19.1 Å². The summed E-state index contributed by atoms with van der Waals surface area (Å²) in [4.78, 5) is 22.5. The standard InChI is InChI=1S/C23H29N3O/c1-19-7-5-10-21(24-19)17-25-16-13-23(18-25)12-6-14-26(22(23)27)15-11-20-8-3-2-4-9-20/h2-5,7-10H,6,11-18H2,1H3/t23-/m0/s1. The van der Waals surface area contributed by atoms with Crippen molar-refractivity contribution in [3.8, 4) is 0 Å². The van der Waals surface area contributed by atoms with Gasteiger partial charge >= 0.3 is 0 Å². The molecule has 3 heterocycles. The second-order valence-corrected chi connectivity index (χ2v) is 8.14. The number of nitrogens with zero attached hydrogens (tertiary/aromatic N) is 3. The Labute approximate surface area is 162 Å². The number of likely N-dealkylation sites (tertiary alicyclic amines) is 2. The molecule has 2 aromatic rings. The van der Waals surface area contributed by atoms with Crippen LogP contribution in [0.4, 0.5) is 0 Å². The number of piperidine rings is 1. The lowest BCUT2D eigenvalue weighted by molar-refractivity contribution is -0.145. The zero-order chi connectivity index (χ0) is 18.7. The third-order valence-corrected chi connectivity index (χ3v) is 6.10. The van der Waals surface area contributed by atoms with Crippen LogP contribution in [0.1, 0.15) is 36.2 Å². The van der Waals surface area contributed by atoms with E-state index < -0.39 is 0 Å². The van der Waals surface area contributed by atoms with Crippen molar-refractivity contribution < 1.29 is 4.79 Å². The Morgan fingerprint density at radius 1 is 1.04 bits per heavy atom. The number of hydrogen-bond donors (Lipinski definition) is 0. The van der Waals surface area contributed by atoms with Crippen LogP contribution in [0.5, 0.6) is 0 Å². The summed E-state index contributed by atoms with van der Waals surface area (Å²) in [5.74, 6) is 0.379. The van der Waals surface area contributed by atoms with Crippen molar-refractivity contribution >= 4 is 5.91 Å². The maximum Gasteiger partial charge on any atom is 0.230 e. The number of benzene rings is 1. The molecule has 0 unspecified atom stereocenters. The summed E-state index contributed by atoms with van der Waals surface area (Å²) in [6, 6.07) is 16.7. The van der Waals surface area contributed by atoms with Crippen LogP contribution in [-0.4, -0.2) is 46.9 Å². The summed E-state index contributed by atoms with van der Waals surface area (Å²) < 4.78 is 0. The average Bonchev–Trinajstić information content (AvgIpc) is 3.07. The molecular formula is C23H29N3O. The van der Waals surface area contributed by atoms with Crippen molar-refractivity contribution in [2.24, 2.45) is 5.41 Å². The predicted octanol–water partition coefficient (Wildman–Crippen LogP) is 3.45. The number of rotatable bonds is 5. The number of carbonyl (C=O) groups excluding carboxylic acids is 1. The fourth-order valence-corrected chi connectivity index (χ4v) is 4.66. The minimum Gasteiger partial charge on any atom is -0.342 e. The Balaban J connectivity index is 1.38. The minimum atomic E-state index is -0.168. The van der Waals surface area contributed by atoms with Crippen molar-refractivity contribution in [2.45, 2.75) is 39.2 Å². The second kappa shape index (κ2) is 7.81. The predicted molar refractivity (Wildman–Crippen MR) is 107 cm³/mol. The van der Waals surface area contributed by atoms with Gasteiger partial charge in [0.2, 0.25) is 5.91 Å². The van der Waals surface area contributed by atoms with Gasteiger partial charge in [-0.15, -0.1) is 0 Å². The van der Waals surface area contributed by atoms with Crippen molar-refractivity contribution in [3.05, 3.63) is 65.5 Å². The van der Waals surface area contributed by atoms with E-state index in [0.29, 0.717) is 5.91 Å². The molecule has 2 saturated heterocycles. The molecule has 1 aromatic heterocycles. The summed E-state index contributed by atoms with van der Waals surface area (Å²) in [6.07, 6.45) is 4.08. The molecule has 1 spiro atoms. The highest BCUT2D eigenvalue weighted by atomic mass is 16.2. The molecule has 0 aliphatic carbocycles. The van der Waals surface area contributed by atoms with Crippen LogP contribution in [0.3, 0.4) is 0 Å². The Bertz CT molecular complexity index is 791. The van der Waals surface area contributed by atoms with Crippen LogP contribution >= 0.6 is 0 Å². The third-order valence-electron chi connectivity index (χ3n) is 6.10. The number of aryl methyl sites for hydroxylation is 1. The highest BCUT2D eigenvalue weighted by Crippen LogP contribution is 2.40. The van der Waals surface area contributed by atoms with Crippen molar-refractivity contribution in [2.75, 3.05) is 26.2 Å². The van der Waals surface area contributed by atoms with Crippen LogP contribution in [0.25, 0.3) is 0 Å². The molecule has 142 valence electrons. The van der Waals surface area contributed by atoms with E-state index in [0.717, 1.165) is 69.8 Å². The number of aromatic nitrogens is 1. The highest BCUT2D eigenvalue weighted by Gasteiger charge is 2.48. The van der Waals surface area contributed by atoms with E-state index in [2.05, 4.69) is 51.2 Å². The number of hydrogen-bond acceptors (Lipinski definition) is 3. The summed E-state index contributed by atoms with van der Waals surface area (Å²) >= 11 is 0. The molecule has 0 radical (unpaired) electrons. The smallest absolute Gasteiger partial charge is 0.230 e. The van der Waals surface area contributed by atoms with E-state index in [1.54, 1.807) is 0 Å². The van der Waals surface area contributed by atoms with Crippen LogP contribution in [0.2, 0.25) is 0 Å². The first-order valence-corrected chi connectivity index (χ1v) is 10.1. The summed E-state index contributed by atoms with van der Waals surface area (Å²) in [7, 11) is 0. The van der Waals surface area contributed by atoms with E-state index >= 15 is 0 Å². The maximum atomic E-state index is 13.3. The van der Waals surface area contributed by atoms with Gasteiger partial charge in [0.15, 0.2) is 0 Å². The average molecular weight is 364 g/mol. The normalized spacial score (nSPS) is 23.3. The van der Waals surface area contributed by atoms with Gasteiger partial charge < -0.3 is 4.90 Å². The Morgan fingerprint density at radius 3 is 2.70 bits per heavy atom. The van der Waals surface area contributed by atoms with Gasteiger partial charge in [-0.25, -0.2) is 0 Å². The summed E-state index contributed by atoms with van der Waals surface area (Å²) in [6.45, 7) is 6.50. The Morgan fingerprint density at radius 2 is 1.89 bits per heavy atom. The first kappa shape index (κ1) is 18.2. The zero-order valence-electron chi connectivity index (χ0n) is 16.2. The number of pyridine rings is 1. The SMILES string of the molecule is Cc1cccc(CN2CC[C@@]3(CCCN(CCc4ccccc4)C3=O)C2)n1. The van der Waals surface area contributed by atoms with Crippen molar-refractivity contribution in [3.63, 3.8) is 0 Å². The molecule has 4 rings (SSSR count). The molecule has 1 aromatic carbocycles. The van der Waals surface area contributed by atoms with Crippen LogP contribution < -0.4 is 0 Å². The van der Waals surface area contributed by atoms with Crippen molar-refractivity contribution in [1.82, 2.24) is 14.8 Å². The fraction of sp³-hybridized carbons (Fsp3) is 0.478. The lowest BCUT2D eigenvalue weighted by atomic mass is 9.78. The van der Waals surface area contributed by atoms with E-state index in [-0.39, 0.29) is 5.41 Å². The Kier molecular flexibility index (Phi) is 5.26.